The number of aldehydes is 1. The molecule has 1 aliphatic heterocycles. The van der Waals surface area contributed by atoms with Crippen molar-refractivity contribution in [2.75, 3.05) is 12.4 Å². The maximum atomic E-state index is 14.0. The Balaban J connectivity index is 1.82. The molecule has 3 N–H and O–H groups in total. The Labute approximate surface area is 169 Å². The van der Waals surface area contributed by atoms with E-state index in [4.69, 9.17) is 0 Å². The third kappa shape index (κ3) is 4.23. The van der Waals surface area contributed by atoms with Crippen molar-refractivity contribution in [3.05, 3.63) is 65.5 Å². The highest BCUT2D eigenvalue weighted by Gasteiger charge is 2.33. The van der Waals surface area contributed by atoms with Gasteiger partial charge in [-0.2, -0.15) is 0 Å². The van der Waals surface area contributed by atoms with Crippen molar-refractivity contribution in [3.63, 3.8) is 0 Å². The third-order valence-corrected chi connectivity index (χ3v) is 5.15. The van der Waals surface area contributed by atoms with E-state index in [1.807, 2.05) is 23.1 Å². The zero-order chi connectivity index (χ0) is 21.0. The Hall–Kier alpha value is -3.35. The zero-order valence-corrected chi connectivity index (χ0v) is 16.2. The van der Waals surface area contributed by atoms with Crippen LogP contribution in [0.5, 0.6) is 5.75 Å². The normalized spacial score (nSPS) is 13.7. The third-order valence-electron chi connectivity index (χ3n) is 5.15. The van der Waals surface area contributed by atoms with E-state index in [1.165, 1.54) is 12.1 Å². The van der Waals surface area contributed by atoms with Crippen LogP contribution in [-0.2, 0) is 22.7 Å². The van der Waals surface area contributed by atoms with Gasteiger partial charge in [-0.15, -0.1) is 0 Å². The maximum absolute atomic E-state index is 14.0. The average Bonchev–Trinajstić information content (AvgIpc) is 3.04. The molecule has 1 unspecified atom stereocenters. The molecule has 0 aliphatic carbocycles. The van der Waals surface area contributed by atoms with Gasteiger partial charge in [0.1, 0.15) is 23.9 Å². The smallest absolute Gasteiger partial charge is 0.242 e. The summed E-state index contributed by atoms with van der Waals surface area (Å²) in [6.07, 6.45) is 1.49. The Morgan fingerprint density at radius 1 is 1.38 bits per heavy atom. The van der Waals surface area contributed by atoms with Crippen molar-refractivity contribution in [2.45, 2.75) is 32.0 Å². The van der Waals surface area contributed by atoms with E-state index in [0.29, 0.717) is 18.5 Å². The number of phenolic OH excluding ortho intramolecular Hbond substituents is 1. The number of amides is 1. The van der Waals surface area contributed by atoms with E-state index in [9.17, 15) is 19.1 Å². The number of halogens is 1. The molecule has 0 saturated carbocycles. The first-order valence-electron chi connectivity index (χ1n) is 9.40. The molecule has 1 heterocycles. The number of hydrogen-bond donors (Lipinski definition) is 3. The summed E-state index contributed by atoms with van der Waals surface area (Å²) in [5.74, 6) is -0.763. The maximum Gasteiger partial charge on any atom is 0.242 e. The molecule has 0 bridgehead atoms. The molecule has 29 heavy (non-hydrogen) atoms. The van der Waals surface area contributed by atoms with E-state index >= 15 is 0 Å². The first-order valence-corrected chi connectivity index (χ1v) is 9.40. The SMILES string of the molecule is C=C1c2cccc(NCc3ccc(O)cc3F)c2CN1C(CCC=O)C(=O)NC. The van der Waals surface area contributed by atoms with Crippen molar-refractivity contribution in [2.24, 2.45) is 0 Å². The molecule has 2 aromatic carbocycles. The van der Waals surface area contributed by atoms with Crippen LogP contribution in [0.2, 0.25) is 0 Å². The van der Waals surface area contributed by atoms with Gasteiger partial charge in [0, 0.05) is 60.7 Å². The summed E-state index contributed by atoms with van der Waals surface area (Å²) in [4.78, 5) is 25.1. The number of phenols is 1. The van der Waals surface area contributed by atoms with Gasteiger partial charge in [0.2, 0.25) is 5.91 Å². The quantitative estimate of drug-likeness (QED) is 0.597. The summed E-state index contributed by atoms with van der Waals surface area (Å²) in [6.45, 7) is 4.86. The number of fused-ring (bicyclic) bond motifs is 1. The second-order valence-electron chi connectivity index (χ2n) is 6.91. The predicted octanol–water partition coefficient (Wildman–Crippen LogP) is 3.02. The van der Waals surface area contributed by atoms with E-state index in [-0.39, 0.29) is 24.6 Å². The Morgan fingerprint density at radius 3 is 2.86 bits per heavy atom. The summed E-state index contributed by atoms with van der Waals surface area (Å²) in [6, 6.07) is 9.28. The van der Waals surface area contributed by atoms with E-state index < -0.39 is 11.9 Å². The van der Waals surface area contributed by atoms with Crippen LogP contribution >= 0.6 is 0 Å². The number of rotatable bonds is 8. The highest BCUT2D eigenvalue weighted by atomic mass is 19.1. The minimum Gasteiger partial charge on any atom is -0.508 e. The number of benzene rings is 2. The van der Waals surface area contributed by atoms with E-state index in [0.717, 1.165) is 34.9 Å². The fraction of sp³-hybridized carbons (Fsp3) is 0.273. The lowest BCUT2D eigenvalue weighted by atomic mass is 10.1. The monoisotopic (exact) mass is 397 g/mol. The molecule has 7 heteroatoms. The number of carbonyl (C=O) groups is 2. The molecule has 1 atom stereocenters. The van der Waals surface area contributed by atoms with Gasteiger partial charge in [0.25, 0.3) is 0 Å². The molecule has 152 valence electrons. The van der Waals surface area contributed by atoms with Gasteiger partial charge in [-0.25, -0.2) is 4.39 Å². The summed E-state index contributed by atoms with van der Waals surface area (Å²) in [5.41, 5.74) is 3.87. The highest BCUT2D eigenvalue weighted by Crippen LogP contribution is 2.38. The molecular weight excluding hydrogens is 373 g/mol. The van der Waals surface area contributed by atoms with Gasteiger partial charge >= 0.3 is 0 Å². The van der Waals surface area contributed by atoms with Crippen LogP contribution in [0.25, 0.3) is 5.70 Å². The molecule has 0 spiro atoms. The van der Waals surface area contributed by atoms with E-state index in [1.54, 1.807) is 7.05 Å². The number of hydrogen-bond acceptors (Lipinski definition) is 5. The summed E-state index contributed by atoms with van der Waals surface area (Å²) in [7, 11) is 1.57. The largest absolute Gasteiger partial charge is 0.508 e. The molecule has 0 radical (unpaired) electrons. The number of likely N-dealkylation sites (N-methyl/N-ethyl adjacent to an activating group) is 1. The molecule has 1 aliphatic rings. The highest BCUT2D eigenvalue weighted by molar-refractivity contribution is 5.85. The number of anilines is 1. The average molecular weight is 397 g/mol. The van der Waals surface area contributed by atoms with Crippen LogP contribution in [0.3, 0.4) is 0 Å². The van der Waals surface area contributed by atoms with Gasteiger partial charge < -0.3 is 25.4 Å². The summed E-state index contributed by atoms with van der Waals surface area (Å²) < 4.78 is 14.0. The topological polar surface area (TPSA) is 81.7 Å². The predicted molar refractivity (Wildman–Crippen MR) is 110 cm³/mol. The number of nitrogens with one attached hydrogen (secondary N) is 2. The van der Waals surface area contributed by atoms with Crippen LogP contribution in [0, 0.1) is 5.82 Å². The lowest BCUT2D eigenvalue weighted by Gasteiger charge is -2.28. The second-order valence-corrected chi connectivity index (χ2v) is 6.91. The van der Waals surface area contributed by atoms with Crippen LogP contribution in [0.15, 0.2) is 43.0 Å². The van der Waals surface area contributed by atoms with Gasteiger partial charge in [0.15, 0.2) is 0 Å². The Morgan fingerprint density at radius 2 is 2.17 bits per heavy atom. The van der Waals surface area contributed by atoms with Crippen molar-refractivity contribution >= 4 is 23.6 Å². The van der Waals surface area contributed by atoms with Crippen molar-refractivity contribution in [1.82, 2.24) is 10.2 Å². The molecule has 0 fully saturated rings. The Kier molecular flexibility index (Phi) is 6.16. The van der Waals surface area contributed by atoms with Crippen LogP contribution in [0.1, 0.15) is 29.5 Å². The number of carbonyl (C=O) groups excluding carboxylic acids is 2. The first kappa shape index (κ1) is 20.4. The van der Waals surface area contributed by atoms with Gasteiger partial charge in [-0.05, 0) is 18.6 Å². The molecule has 3 rings (SSSR count). The number of aromatic hydroxyl groups is 1. The van der Waals surface area contributed by atoms with Gasteiger partial charge in [0.05, 0.1) is 0 Å². The lowest BCUT2D eigenvalue weighted by Crippen LogP contribution is -2.43. The molecule has 1 amide bonds. The summed E-state index contributed by atoms with van der Waals surface area (Å²) in [5, 5.41) is 15.3. The van der Waals surface area contributed by atoms with Crippen LogP contribution < -0.4 is 10.6 Å². The fourth-order valence-electron chi connectivity index (χ4n) is 3.60. The summed E-state index contributed by atoms with van der Waals surface area (Å²) >= 11 is 0. The minimum absolute atomic E-state index is 0.116. The van der Waals surface area contributed by atoms with Crippen LogP contribution in [-0.4, -0.2) is 35.3 Å². The zero-order valence-electron chi connectivity index (χ0n) is 16.2. The molecule has 0 aromatic heterocycles. The lowest BCUT2D eigenvalue weighted by molar-refractivity contribution is -0.125. The molecule has 6 nitrogen and oxygen atoms in total. The second kappa shape index (κ2) is 8.77. The Bertz CT molecular complexity index is 945. The van der Waals surface area contributed by atoms with Crippen molar-refractivity contribution < 1.29 is 19.1 Å². The van der Waals surface area contributed by atoms with Gasteiger partial charge in [-0.1, -0.05) is 24.8 Å². The van der Waals surface area contributed by atoms with E-state index in [2.05, 4.69) is 17.2 Å². The minimum atomic E-state index is -0.493. The fourth-order valence-corrected chi connectivity index (χ4v) is 3.60. The molecular formula is C22H24FN3O3. The first-order chi connectivity index (χ1) is 14.0. The van der Waals surface area contributed by atoms with Crippen molar-refractivity contribution in [1.29, 1.82) is 0 Å². The standard InChI is InChI=1S/C22H24FN3O3/c1-14-17-5-3-6-20(25-12-15-8-9-16(28)11-19(15)23)18(17)13-26(14)21(7-4-10-27)22(29)24-2/h3,5-6,8-11,21,25,28H,1,4,7,12-13H2,2H3,(H,24,29). The van der Waals surface area contributed by atoms with Crippen LogP contribution in [0.4, 0.5) is 10.1 Å². The molecule has 0 saturated heterocycles. The molecule has 2 aromatic rings. The van der Waals surface area contributed by atoms with Crippen molar-refractivity contribution in [3.8, 4) is 5.75 Å². The van der Waals surface area contributed by atoms with Gasteiger partial charge in [-0.3, -0.25) is 4.79 Å². The number of nitrogens with zero attached hydrogens (tertiary/aromatic N) is 1.